The molecule has 0 bridgehead atoms. The molecule has 1 aromatic rings. The van der Waals surface area contributed by atoms with Gasteiger partial charge >= 0.3 is 0 Å². The molecule has 1 saturated heterocycles. The van der Waals surface area contributed by atoms with Gasteiger partial charge in [0, 0.05) is 18.6 Å². The Hall–Kier alpha value is -1.06. The number of methoxy groups -OCH3 is 1. The number of aliphatic hydroxyl groups excluding tert-OH is 1. The van der Waals surface area contributed by atoms with Crippen LogP contribution in [0.4, 0.5) is 0 Å². The second-order valence-corrected chi connectivity index (χ2v) is 4.41. The van der Waals surface area contributed by atoms with E-state index in [1.807, 2.05) is 12.1 Å². The average Bonchev–Trinajstić information content (AvgIpc) is 2.80. The van der Waals surface area contributed by atoms with E-state index in [1.165, 1.54) is 5.56 Å². The van der Waals surface area contributed by atoms with Crippen molar-refractivity contribution in [3.05, 3.63) is 29.8 Å². The van der Waals surface area contributed by atoms with Crippen LogP contribution in [0.5, 0.6) is 5.75 Å². The summed E-state index contributed by atoms with van der Waals surface area (Å²) in [5.41, 5.74) is 1.41. The SMILES string of the molecule is COc1ccc(C2(CCO)CCNC2)cc1. The number of hydrogen-bond donors (Lipinski definition) is 2. The van der Waals surface area contributed by atoms with Crippen molar-refractivity contribution in [3.8, 4) is 5.75 Å². The smallest absolute Gasteiger partial charge is 0.118 e. The van der Waals surface area contributed by atoms with Crippen molar-refractivity contribution < 1.29 is 9.84 Å². The lowest BCUT2D eigenvalue weighted by molar-refractivity contribution is 0.244. The Kier molecular flexibility index (Phi) is 3.46. The molecule has 1 aliphatic rings. The third-order valence-electron chi connectivity index (χ3n) is 3.54. The largest absolute Gasteiger partial charge is 0.497 e. The highest BCUT2D eigenvalue weighted by atomic mass is 16.5. The molecule has 0 saturated carbocycles. The van der Waals surface area contributed by atoms with Crippen molar-refractivity contribution >= 4 is 0 Å². The van der Waals surface area contributed by atoms with Gasteiger partial charge in [0.15, 0.2) is 0 Å². The summed E-state index contributed by atoms with van der Waals surface area (Å²) in [6, 6.07) is 8.21. The first kappa shape index (κ1) is 11.4. The van der Waals surface area contributed by atoms with Gasteiger partial charge in [-0.05, 0) is 37.1 Å². The molecule has 1 fully saturated rings. The van der Waals surface area contributed by atoms with E-state index in [2.05, 4.69) is 17.4 Å². The van der Waals surface area contributed by atoms with E-state index in [4.69, 9.17) is 4.74 Å². The van der Waals surface area contributed by atoms with Gasteiger partial charge in [-0.3, -0.25) is 0 Å². The lowest BCUT2D eigenvalue weighted by Gasteiger charge is -2.28. The highest BCUT2D eigenvalue weighted by molar-refractivity contribution is 5.33. The fourth-order valence-electron chi connectivity index (χ4n) is 2.51. The first-order chi connectivity index (χ1) is 7.80. The lowest BCUT2D eigenvalue weighted by Crippen LogP contribution is -2.30. The minimum absolute atomic E-state index is 0.112. The number of rotatable bonds is 4. The molecular weight excluding hydrogens is 202 g/mol. The maximum Gasteiger partial charge on any atom is 0.118 e. The van der Waals surface area contributed by atoms with Gasteiger partial charge in [-0.2, -0.15) is 0 Å². The first-order valence-electron chi connectivity index (χ1n) is 5.77. The predicted molar refractivity (Wildman–Crippen MR) is 63.9 cm³/mol. The molecule has 88 valence electrons. The van der Waals surface area contributed by atoms with Crippen molar-refractivity contribution in [1.82, 2.24) is 5.32 Å². The molecular formula is C13H19NO2. The van der Waals surface area contributed by atoms with E-state index in [-0.39, 0.29) is 12.0 Å². The normalized spacial score (nSPS) is 24.6. The van der Waals surface area contributed by atoms with Crippen LogP contribution in [0, 0.1) is 0 Å². The molecule has 0 aromatic heterocycles. The number of aliphatic hydroxyl groups is 1. The number of ether oxygens (including phenoxy) is 1. The monoisotopic (exact) mass is 221 g/mol. The first-order valence-corrected chi connectivity index (χ1v) is 5.77. The summed E-state index contributed by atoms with van der Waals surface area (Å²) in [7, 11) is 1.68. The number of hydrogen-bond acceptors (Lipinski definition) is 3. The van der Waals surface area contributed by atoms with Crippen molar-refractivity contribution in [3.63, 3.8) is 0 Å². The zero-order chi connectivity index (χ0) is 11.4. The highest BCUT2D eigenvalue weighted by Crippen LogP contribution is 2.34. The second-order valence-electron chi connectivity index (χ2n) is 4.41. The van der Waals surface area contributed by atoms with Gasteiger partial charge in [-0.15, -0.1) is 0 Å². The molecule has 1 aromatic carbocycles. The molecule has 16 heavy (non-hydrogen) atoms. The summed E-state index contributed by atoms with van der Waals surface area (Å²) in [6.07, 6.45) is 1.92. The molecule has 2 rings (SSSR count). The number of nitrogens with one attached hydrogen (secondary N) is 1. The molecule has 0 amide bonds. The summed E-state index contributed by atoms with van der Waals surface area (Å²) >= 11 is 0. The Labute approximate surface area is 96.4 Å². The van der Waals surface area contributed by atoms with Gasteiger partial charge in [-0.1, -0.05) is 12.1 Å². The molecule has 0 aliphatic carbocycles. The molecule has 1 aliphatic heterocycles. The van der Waals surface area contributed by atoms with Gasteiger partial charge in [0.2, 0.25) is 0 Å². The van der Waals surface area contributed by atoms with Crippen molar-refractivity contribution in [2.45, 2.75) is 18.3 Å². The Morgan fingerprint density at radius 2 is 2.12 bits per heavy atom. The predicted octanol–water partition coefficient (Wildman–Crippen LogP) is 1.31. The summed E-state index contributed by atoms with van der Waals surface area (Å²) in [5.74, 6) is 0.883. The zero-order valence-electron chi connectivity index (χ0n) is 9.70. The quantitative estimate of drug-likeness (QED) is 0.805. The van der Waals surface area contributed by atoms with Crippen LogP contribution in [-0.2, 0) is 5.41 Å². The third kappa shape index (κ3) is 2.06. The molecule has 1 heterocycles. The lowest BCUT2D eigenvalue weighted by atomic mass is 9.77. The zero-order valence-corrected chi connectivity index (χ0v) is 9.70. The Morgan fingerprint density at radius 3 is 2.62 bits per heavy atom. The average molecular weight is 221 g/mol. The van der Waals surface area contributed by atoms with Gasteiger partial charge in [-0.25, -0.2) is 0 Å². The van der Waals surface area contributed by atoms with Crippen LogP contribution in [0.15, 0.2) is 24.3 Å². The maximum absolute atomic E-state index is 9.20. The maximum atomic E-state index is 9.20. The fraction of sp³-hybridized carbons (Fsp3) is 0.538. The van der Waals surface area contributed by atoms with Gasteiger partial charge < -0.3 is 15.2 Å². The summed E-state index contributed by atoms with van der Waals surface area (Å²) in [6.45, 7) is 2.24. The molecule has 3 nitrogen and oxygen atoms in total. The summed E-state index contributed by atoms with van der Waals surface area (Å²) in [4.78, 5) is 0. The Morgan fingerprint density at radius 1 is 1.38 bits per heavy atom. The van der Waals surface area contributed by atoms with E-state index in [1.54, 1.807) is 7.11 Å². The van der Waals surface area contributed by atoms with Gasteiger partial charge in [0.1, 0.15) is 5.75 Å². The summed E-state index contributed by atoms with van der Waals surface area (Å²) in [5, 5.41) is 12.6. The van der Waals surface area contributed by atoms with Crippen LogP contribution in [0.1, 0.15) is 18.4 Å². The molecule has 1 atom stereocenters. The van der Waals surface area contributed by atoms with Crippen molar-refractivity contribution in [2.75, 3.05) is 26.8 Å². The molecule has 1 unspecified atom stereocenters. The fourth-order valence-corrected chi connectivity index (χ4v) is 2.51. The minimum Gasteiger partial charge on any atom is -0.497 e. The van der Waals surface area contributed by atoms with E-state index < -0.39 is 0 Å². The second kappa shape index (κ2) is 4.85. The van der Waals surface area contributed by atoms with Gasteiger partial charge in [0.05, 0.1) is 7.11 Å². The molecule has 2 N–H and O–H groups in total. The highest BCUT2D eigenvalue weighted by Gasteiger charge is 2.34. The molecule has 0 spiro atoms. The van der Waals surface area contributed by atoms with Crippen LogP contribution in [0.25, 0.3) is 0 Å². The Bertz CT molecular complexity index is 328. The standard InChI is InChI=1S/C13H19NO2/c1-16-12-4-2-11(3-5-12)13(7-9-15)6-8-14-10-13/h2-5,14-15H,6-10H2,1H3. The van der Waals surface area contributed by atoms with E-state index in [9.17, 15) is 5.11 Å². The third-order valence-corrected chi connectivity index (χ3v) is 3.54. The van der Waals surface area contributed by atoms with Crippen LogP contribution in [0.2, 0.25) is 0 Å². The van der Waals surface area contributed by atoms with Crippen LogP contribution < -0.4 is 10.1 Å². The number of benzene rings is 1. The van der Waals surface area contributed by atoms with Crippen molar-refractivity contribution in [1.29, 1.82) is 0 Å². The van der Waals surface area contributed by atoms with E-state index >= 15 is 0 Å². The molecule has 3 heteroatoms. The van der Waals surface area contributed by atoms with E-state index in [0.29, 0.717) is 0 Å². The van der Waals surface area contributed by atoms with E-state index in [0.717, 1.165) is 31.7 Å². The van der Waals surface area contributed by atoms with Crippen LogP contribution in [-0.4, -0.2) is 31.9 Å². The topological polar surface area (TPSA) is 41.5 Å². The Balaban J connectivity index is 2.24. The van der Waals surface area contributed by atoms with Crippen LogP contribution in [0.3, 0.4) is 0 Å². The van der Waals surface area contributed by atoms with Crippen LogP contribution >= 0.6 is 0 Å². The minimum atomic E-state index is 0.112. The summed E-state index contributed by atoms with van der Waals surface area (Å²) < 4.78 is 5.16. The molecule has 0 radical (unpaired) electrons. The van der Waals surface area contributed by atoms with Crippen molar-refractivity contribution in [2.24, 2.45) is 0 Å². The van der Waals surface area contributed by atoms with Gasteiger partial charge in [0.25, 0.3) is 0 Å².